The Morgan fingerprint density at radius 2 is 1.83 bits per heavy atom. The summed E-state index contributed by atoms with van der Waals surface area (Å²) in [5.74, 6) is 0.973. The molecule has 0 radical (unpaired) electrons. The van der Waals surface area contributed by atoms with Gasteiger partial charge >= 0.3 is 0 Å². The van der Waals surface area contributed by atoms with E-state index < -0.39 is 0 Å². The van der Waals surface area contributed by atoms with Crippen LogP contribution in [0.15, 0.2) is 12.3 Å². The lowest BCUT2D eigenvalue weighted by Gasteiger charge is -2.24. The lowest BCUT2D eigenvalue weighted by Crippen LogP contribution is -2.32. The van der Waals surface area contributed by atoms with E-state index in [4.69, 9.17) is 15.2 Å². The van der Waals surface area contributed by atoms with E-state index in [0.29, 0.717) is 19.8 Å². The zero-order chi connectivity index (χ0) is 13.4. The molecule has 1 aromatic rings. The predicted molar refractivity (Wildman–Crippen MR) is 72.8 cm³/mol. The quantitative estimate of drug-likeness (QED) is 0.747. The summed E-state index contributed by atoms with van der Waals surface area (Å²) < 4.78 is 10.3. The Labute approximate surface area is 109 Å². The van der Waals surface area contributed by atoms with Gasteiger partial charge in [-0.15, -0.1) is 0 Å². The number of aromatic nitrogens is 1. The summed E-state index contributed by atoms with van der Waals surface area (Å²) in [4.78, 5) is 6.66. The summed E-state index contributed by atoms with van der Waals surface area (Å²) in [6.45, 7) is 5.51. The highest BCUT2D eigenvalue weighted by molar-refractivity contribution is 5.47. The minimum atomic E-state index is 0.518. The van der Waals surface area contributed by atoms with Crippen LogP contribution in [0.2, 0.25) is 0 Å². The van der Waals surface area contributed by atoms with Crippen molar-refractivity contribution in [2.75, 3.05) is 45.4 Å². The molecule has 0 aliphatic rings. The molecule has 18 heavy (non-hydrogen) atoms. The van der Waals surface area contributed by atoms with Gasteiger partial charge in [0.15, 0.2) is 0 Å². The minimum Gasteiger partial charge on any atom is -0.383 e. The molecule has 0 bridgehead atoms. The molecule has 0 aromatic carbocycles. The molecule has 0 saturated carbocycles. The van der Waals surface area contributed by atoms with E-state index in [9.17, 15) is 0 Å². The number of anilines is 1. The smallest absolute Gasteiger partial charge is 0.131 e. The number of rotatable bonds is 8. The van der Waals surface area contributed by atoms with E-state index >= 15 is 0 Å². The Kier molecular flexibility index (Phi) is 6.64. The summed E-state index contributed by atoms with van der Waals surface area (Å²) in [7, 11) is 3.40. The molecule has 1 heterocycles. The number of aryl methyl sites for hydroxylation is 1. The largest absolute Gasteiger partial charge is 0.383 e. The second-order valence-electron chi connectivity index (χ2n) is 4.16. The molecule has 0 atom stereocenters. The van der Waals surface area contributed by atoms with Crippen LogP contribution in [0.1, 0.15) is 11.1 Å². The van der Waals surface area contributed by atoms with Crippen LogP contribution in [0.25, 0.3) is 0 Å². The second-order valence-corrected chi connectivity index (χ2v) is 4.16. The SMILES string of the molecule is COCCN(CCOC)c1ncc(CN)cc1C. The van der Waals surface area contributed by atoms with E-state index in [1.54, 1.807) is 14.2 Å². The molecule has 0 aliphatic carbocycles. The molecule has 1 aromatic heterocycles. The highest BCUT2D eigenvalue weighted by Gasteiger charge is 2.10. The van der Waals surface area contributed by atoms with Crippen molar-refractivity contribution < 1.29 is 9.47 Å². The van der Waals surface area contributed by atoms with Crippen LogP contribution in [0, 0.1) is 6.92 Å². The van der Waals surface area contributed by atoms with Crippen LogP contribution in [0.3, 0.4) is 0 Å². The third-order valence-electron chi connectivity index (χ3n) is 2.77. The molecule has 0 unspecified atom stereocenters. The van der Waals surface area contributed by atoms with E-state index in [-0.39, 0.29) is 0 Å². The summed E-state index contributed by atoms with van der Waals surface area (Å²) >= 11 is 0. The Morgan fingerprint density at radius 1 is 1.22 bits per heavy atom. The molecule has 0 fully saturated rings. The fraction of sp³-hybridized carbons (Fsp3) is 0.615. The van der Waals surface area contributed by atoms with Crippen LogP contribution in [0.4, 0.5) is 5.82 Å². The third kappa shape index (κ3) is 4.25. The maximum Gasteiger partial charge on any atom is 0.131 e. The maximum atomic E-state index is 5.61. The van der Waals surface area contributed by atoms with Crippen LogP contribution >= 0.6 is 0 Å². The Bertz CT molecular complexity index is 350. The van der Waals surface area contributed by atoms with Crippen LogP contribution in [-0.4, -0.2) is 45.5 Å². The first-order valence-electron chi connectivity index (χ1n) is 6.11. The van der Waals surface area contributed by atoms with Crippen molar-refractivity contribution in [3.8, 4) is 0 Å². The summed E-state index contributed by atoms with van der Waals surface area (Å²) in [5, 5.41) is 0. The van der Waals surface area contributed by atoms with Crippen LogP contribution in [-0.2, 0) is 16.0 Å². The van der Waals surface area contributed by atoms with Gasteiger partial charge < -0.3 is 20.1 Å². The van der Waals surface area contributed by atoms with Gasteiger partial charge in [0.05, 0.1) is 13.2 Å². The normalized spacial score (nSPS) is 10.7. The molecule has 102 valence electrons. The fourth-order valence-electron chi connectivity index (χ4n) is 1.80. The number of pyridine rings is 1. The number of nitrogens with two attached hydrogens (primary N) is 1. The Morgan fingerprint density at radius 3 is 2.28 bits per heavy atom. The number of hydrogen-bond donors (Lipinski definition) is 1. The van der Waals surface area contributed by atoms with E-state index in [1.807, 2.05) is 13.1 Å². The van der Waals surface area contributed by atoms with Gasteiger partial charge in [0, 0.05) is 40.1 Å². The highest BCUT2D eigenvalue weighted by atomic mass is 16.5. The number of nitrogens with zero attached hydrogens (tertiary/aromatic N) is 2. The lowest BCUT2D eigenvalue weighted by molar-refractivity contribution is 0.190. The molecule has 2 N–H and O–H groups in total. The van der Waals surface area contributed by atoms with Gasteiger partial charge in [-0.25, -0.2) is 4.98 Å². The molecular weight excluding hydrogens is 230 g/mol. The zero-order valence-electron chi connectivity index (χ0n) is 11.5. The van der Waals surface area contributed by atoms with Crippen molar-refractivity contribution >= 4 is 5.82 Å². The van der Waals surface area contributed by atoms with Gasteiger partial charge in [-0.05, 0) is 24.1 Å². The van der Waals surface area contributed by atoms with Crippen molar-refractivity contribution in [2.45, 2.75) is 13.5 Å². The highest BCUT2D eigenvalue weighted by Crippen LogP contribution is 2.17. The van der Waals surface area contributed by atoms with Crippen molar-refractivity contribution in [1.29, 1.82) is 0 Å². The first kappa shape index (κ1) is 14.9. The molecule has 1 rings (SSSR count). The Hall–Kier alpha value is -1.17. The standard InChI is InChI=1S/C13H23N3O2/c1-11-8-12(9-14)10-15-13(11)16(4-6-17-2)5-7-18-3/h8,10H,4-7,9,14H2,1-3H3. The molecule has 0 saturated heterocycles. The monoisotopic (exact) mass is 253 g/mol. The first-order valence-corrected chi connectivity index (χ1v) is 6.11. The van der Waals surface area contributed by atoms with Gasteiger partial charge in [0.25, 0.3) is 0 Å². The van der Waals surface area contributed by atoms with Gasteiger partial charge in [-0.1, -0.05) is 0 Å². The lowest BCUT2D eigenvalue weighted by atomic mass is 10.2. The van der Waals surface area contributed by atoms with E-state index in [0.717, 1.165) is 30.0 Å². The molecule has 5 nitrogen and oxygen atoms in total. The van der Waals surface area contributed by atoms with Crippen molar-refractivity contribution in [2.24, 2.45) is 5.73 Å². The number of hydrogen-bond acceptors (Lipinski definition) is 5. The molecule has 0 amide bonds. The summed E-state index contributed by atoms with van der Waals surface area (Å²) in [6.07, 6.45) is 1.83. The van der Waals surface area contributed by atoms with E-state index in [1.165, 1.54) is 0 Å². The molecular formula is C13H23N3O2. The van der Waals surface area contributed by atoms with E-state index in [2.05, 4.69) is 16.0 Å². The van der Waals surface area contributed by atoms with Crippen molar-refractivity contribution in [3.05, 3.63) is 23.4 Å². The Balaban J connectivity index is 2.82. The van der Waals surface area contributed by atoms with Gasteiger partial charge in [-0.3, -0.25) is 0 Å². The predicted octanol–water partition coefficient (Wildman–Crippen LogP) is 0.948. The first-order chi connectivity index (χ1) is 8.72. The average Bonchev–Trinajstić information content (AvgIpc) is 2.39. The minimum absolute atomic E-state index is 0.518. The van der Waals surface area contributed by atoms with Gasteiger partial charge in [-0.2, -0.15) is 0 Å². The fourth-order valence-corrected chi connectivity index (χ4v) is 1.80. The summed E-state index contributed by atoms with van der Waals surface area (Å²) in [6, 6.07) is 2.08. The topological polar surface area (TPSA) is 60.6 Å². The van der Waals surface area contributed by atoms with Crippen LogP contribution < -0.4 is 10.6 Å². The average molecular weight is 253 g/mol. The van der Waals surface area contributed by atoms with Crippen molar-refractivity contribution in [1.82, 2.24) is 4.98 Å². The second kappa shape index (κ2) is 8.02. The number of ether oxygens (including phenoxy) is 2. The third-order valence-corrected chi connectivity index (χ3v) is 2.77. The molecule has 0 spiro atoms. The summed E-state index contributed by atoms with van der Waals surface area (Å²) in [5.41, 5.74) is 7.79. The van der Waals surface area contributed by atoms with Gasteiger partial charge in [0.1, 0.15) is 5.82 Å². The van der Waals surface area contributed by atoms with Crippen molar-refractivity contribution in [3.63, 3.8) is 0 Å². The zero-order valence-corrected chi connectivity index (χ0v) is 11.5. The van der Waals surface area contributed by atoms with Gasteiger partial charge in [0.2, 0.25) is 0 Å². The molecule has 5 heteroatoms. The maximum absolute atomic E-state index is 5.61. The molecule has 0 aliphatic heterocycles. The van der Waals surface area contributed by atoms with Crippen LogP contribution in [0.5, 0.6) is 0 Å². The number of methoxy groups -OCH3 is 2.